The third-order valence-corrected chi connectivity index (χ3v) is 2.50. The summed E-state index contributed by atoms with van der Waals surface area (Å²) in [4.78, 5) is 19.4. The minimum absolute atomic E-state index is 0.185. The average molecular weight is 297 g/mol. The molecule has 0 aromatic carbocycles. The SMILES string of the molecule is CO/N=C(\C(=O)[O-])c1cn2cc(Br)ccc2n1. The van der Waals surface area contributed by atoms with Crippen LogP contribution in [0.15, 0.2) is 34.2 Å². The Labute approximate surface area is 105 Å². The Morgan fingerprint density at radius 2 is 2.29 bits per heavy atom. The molecule has 17 heavy (non-hydrogen) atoms. The second kappa shape index (κ2) is 4.54. The van der Waals surface area contributed by atoms with Gasteiger partial charge in [0.1, 0.15) is 18.5 Å². The molecule has 0 amide bonds. The number of carboxylic acid groups (broad SMARTS) is 1. The molecule has 2 rings (SSSR count). The molecule has 0 spiro atoms. The largest absolute Gasteiger partial charge is 0.543 e. The topological polar surface area (TPSA) is 79.0 Å². The summed E-state index contributed by atoms with van der Waals surface area (Å²) in [5.74, 6) is -1.44. The van der Waals surface area contributed by atoms with Crippen molar-refractivity contribution in [3.05, 3.63) is 34.7 Å². The summed E-state index contributed by atoms with van der Waals surface area (Å²) in [6.45, 7) is 0. The van der Waals surface area contributed by atoms with Gasteiger partial charge in [0.15, 0.2) is 5.71 Å². The molecule has 0 saturated heterocycles. The highest BCUT2D eigenvalue weighted by atomic mass is 79.9. The van der Waals surface area contributed by atoms with E-state index in [1.165, 1.54) is 13.3 Å². The van der Waals surface area contributed by atoms with Crippen molar-refractivity contribution in [3.63, 3.8) is 0 Å². The lowest BCUT2D eigenvalue weighted by molar-refractivity contribution is -0.294. The van der Waals surface area contributed by atoms with Crippen molar-refractivity contribution in [1.82, 2.24) is 9.38 Å². The normalized spacial score (nSPS) is 11.8. The Bertz CT molecular complexity index is 606. The molecule has 7 heteroatoms. The van der Waals surface area contributed by atoms with Gasteiger partial charge >= 0.3 is 0 Å². The molecule has 0 aliphatic carbocycles. The van der Waals surface area contributed by atoms with E-state index in [9.17, 15) is 9.90 Å². The summed E-state index contributed by atoms with van der Waals surface area (Å²) in [6.07, 6.45) is 3.29. The number of hydrogen-bond donors (Lipinski definition) is 0. The summed E-state index contributed by atoms with van der Waals surface area (Å²) < 4.78 is 2.53. The van der Waals surface area contributed by atoms with Gasteiger partial charge < -0.3 is 19.1 Å². The number of carbonyl (C=O) groups excluding carboxylic acids is 1. The van der Waals surface area contributed by atoms with Crippen LogP contribution in [0.1, 0.15) is 5.69 Å². The lowest BCUT2D eigenvalue weighted by Crippen LogP contribution is -2.32. The number of carboxylic acids is 1. The van der Waals surface area contributed by atoms with Crippen LogP contribution in [0.4, 0.5) is 0 Å². The summed E-state index contributed by atoms with van der Waals surface area (Å²) >= 11 is 3.31. The van der Waals surface area contributed by atoms with Gasteiger partial charge in [0.25, 0.3) is 0 Å². The first-order chi connectivity index (χ1) is 8.11. The second-order valence-electron chi connectivity index (χ2n) is 3.15. The number of hydrogen-bond acceptors (Lipinski definition) is 5. The van der Waals surface area contributed by atoms with Crippen molar-refractivity contribution in [2.45, 2.75) is 0 Å². The molecule has 2 aromatic rings. The van der Waals surface area contributed by atoms with E-state index < -0.39 is 5.97 Å². The van der Waals surface area contributed by atoms with Crippen molar-refractivity contribution in [2.24, 2.45) is 5.16 Å². The summed E-state index contributed by atoms with van der Waals surface area (Å²) in [5, 5.41) is 14.2. The number of imidazole rings is 1. The van der Waals surface area contributed by atoms with Gasteiger partial charge in [0.05, 0.1) is 5.97 Å². The quantitative estimate of drug-likeness (QED) is 0.599. The third kappa shape index (κ3) is 2.28. The van der Waals surface area contributed by atoms with Crippen LogP contribution in [0.5, 0.6) is 0 Å². The molecular weight excluding hydrogens is 290 g/mol. The Morgan fingerprint density at radius 3 is 2.94 bits per heavy atom. The van der Waals surface area contributed by atoms with Crippen LogP contribution < -0.4 is 5.11 Å². The predicted octanol–water partition coefficient (Wildman–Crippen LogP) is 0.197. The third-order valence-electron chi connectivity index (χ3n) is 2.03. The van der Waals surface area contributed by atoms with E-state index in [4.69, 9.17) is 0 Å². The van der Waals surface area contributed by atoms with E-state index in [0.717, 1.165) is 4.47 Å². The Balaban J connectivity index is 2.55. The zero-order valence-electron chi connectivity index (χ0n) is 8.75. The minimum Gasteiger partial charge on any atom is -0.543 e. The number of carbonyl (C=O) groups is 1. The molecule has 0 N–H and O–H groups in total. The smallest absolute Gasteiger partial charge is 0.152 e. The van der Waals surface area contributed by atoms with E-state index in [0.29, 0.717) is 5.65 Å². The number of halogens is 1. The van der Waals surface area contributed by atoms with Gasteiger partial charge in [0.2, 0.25) is 0 Å². The molecule has 0 bridgehead atoms. The fourth-order valence-electron chi connectivity index (χ4n) is 1.36. The fourth-order valence-corrected chi connectivity index (χ4v) is 1.71. The van der Waals surface area contributed by atoms with Crippen LogP contribution in [-0.2, 0) is 9.63 Å². The van der Waals surface area contributed by atoms with Gasteiger partial charge in [-0.15, -0.1) is 0 Å². The summed E-state index contributed by atoms with van der Waals surface area (Å²) in [6, 6.07) is 3.55. The first-order valence-electron chi connectivity index (χ1n) is 4.59. The summed E-state index contributed by atoms with van der Waals surface area (Å²) in [7, 11) is 1.26. The number of aliphatic carboxylic acids is 1. The monoisotopic (exact) mass is 296 g/mol. The van der Waals surface area contributed by atoms with Crippen LogP contribution in [0, 0.1) is 0 Å². The lowest BCUT2D eigenvalue weighted by atomic mass is 10.3. The van der Waals surface area contributed by atoms with E-state index in [1.54, 1.807) is 22.7 Å². The Morgan fingerprint density at radius 1 is 1.53 bits per heavy atom. The molecule has 0 fully saturated rings. The van der Waals surface area contributed by atoms with Crippen LogP contribution in [0.2, 0.25) is 0 Å². The van der Waals surface area contributed by atoms with Crippen LogP contribution in [0.3, 0.4) is 0 Å². The van der Waals surface area contributed by atoms with Crippen LogP contribution in [0.25, 0.3) is 5.65 Å². The van der Waals surface area contributed by atoms with Crippen LogP contribution >= 0.6 is 15.9 Å². The molecule has 0 unspecified atom stereocenters. The number of fused-ring (bicyclic) bond motifs is 1. The Hall–Kier alpha value is -1.89. The van der Waals surface area contributed by atoms with Gasteiger partial charge in [-0.1, -0.05) is 5.16 Å². The second-order valence-corrected chi connectivity index (χ2v) is 4.06. The molecule has 0 aliphatic heterocycles. The number of rotatable bonds is 3. The number of nitrogens with zero attached hydrogens (tertiary/aromatic N) is 3. The highest BCUT2D eigenvalue weighted by Gasteiger charge is 2.11. The maximum absolute atomic E-state index is 10.9. The molecule has 0 radical (unpaired) electrons. The van der Waals surface area contributed by atoms with Crippen LogP contribution in [-0.4, -0.2) is 28.2 Å². The molecule has 0 atom stereocenters. The zero-order chi connectivity index (χ0) is 12.4. The van der Waals surface area contributed by atoms with E-state index in [1.807, 2.05) is 0 Å². The van der Waals surface area contributed by atoms with Crippen molar-refractivity contribution in [1.29, 1.82) is 0 Å². The maximum Gasteiger partial charge on any atom is 0.152 e. The highest BCUT2D eigenvalue weighted by Crippen LogP contribution is 2.13. The van der Waals surface area contributed by atoms with Gasteiger partial charge in [-0.2, -0.15) is 0 Å². The molecular formula is C10H7BrN3O3-. The fraction of sp³-hybridized carbons (Fsp3) is 0.100. The first kappa shape index (κ1) is 11.6. The molecule has 2 aromatic heterocycles. The molecule has 2 heterocycles. The van der Waals surface area contributed by atoms with E-state index in [-0.39, 0.29) is 11.4 Å². The highest BCUT2D eigenvalue weighted by molar-refractivity contribution is 9.10. The van der Waals surface area contributed by atoms with Crippen molar-refractivity contribution in [3.8, 4) is 0 Å². The lowest BCUT2D eigenvalue weighted by Gasteiger charge is -2.01. The standard InChI is InChI=1S/C10H8BrN3O3/c1-17-13-9(10(15)16)7-5-14-4-6(11)2-3-8(14)12-7/h2-5H,1H3,(H,15,16)/p-1/b13-9-. The van der Waals surface area contributed by atoms with E-state index in [2.05, 4.69) is 30.9 Å². The first-order valence-corrected chi connectivity index (χ1v) is 5.38. The number of aromatic nitrogens is 2. The predicted molar refractivity (Wildman–Crippen MR) is 61.4 cm³/mol. The molecule has 0 aliphatic rings. The average Bonchev–Trinajstić information content (AvgIpc) is 2.67. The molecule has 0 saturated carbocycles. The van der Waals surface area contributed by atoms with Crippen molar-refractivity contribution in [2.75, 3.05) is 7.11 Å². The van der Waals surface area contributed by atoms with Gasteiger partial charge in [-0.3, -0.25) is 0 Å². The number of oxime groups is 1. The Kier molecular flexibility index (Phi) is 3.10. The van der Waals surface area contributed by atoms with E-state index >= 15 is 0 Å². The summed E-state index contributed by atoms with van der Waals surface area (Å²) in [5.41, 5.74) is 0.450. The zero-order valence-corrected chi connectivity index (χ0v) is 10.3. The van der Waals surface area contributed by atoms with Crippen molar-refractivity contribution < 1.29 is 14.7 Å². The van der Waals surface area contributed by atoms with Crippen molar-refractivity contribution >= 4 is 33.3 Å². The van der Waals surface area contributed by atoms with Gasteiger partial charge in [0, 0.05) is 16.9 Å². The molecule has 88 valence electrons. The van der Waals surface area contributed by atoms with Gasteiger partial charge in [-0.25, -0.2) is 4.98 Å². The molecule has 6 nitrogen and oxygen atoms in total. The maximum atomic E-state index is 10.9. The number of pyridine rings is 1. The minimum atomic E-state index is -1.44. The van der Waals surface area contributed by atoms with Gasteiger partial charge in [-0.05, 0) is 28.1 Å².